The van der Waals surface area contributed by atoms with E-state index in [0.29, 0.717) is 12.2 Å². The van der Waals surface area contributed by atoms with Crippen LogP contribution in [-0.2, 0) is 0 Å². The van der Waals surface area contributed by atoms with E-state index in [9.17, 15) is 0 Å². The van der Waals surface area contributed by atoms with E-state index in [0.717, 1.165) is 22.1 Å². The molecule has 0 saturated carbocycles. The van der Waals surface area contributed by atoms with E-state index < -0.39 is 0 Å². The Balaban J connectivity index is 1.74. The number of hydrogen-bond acceptors (Lipinski definition) is 4. The number of pyridine rings is 1. The normalized spacial score (nSPS) is 9.89. The number of thioether (sulfide) groups is 1. The van der Waals surface area contributed by atoms with Crippen LogP contribution in [0, 0.1) is 18.3 Å². The predicted octanol–water partition coefficient (Wildman–Crippen LogP) is 3.43. The number of nitrogens with zero attached hydrogens (tertiary/aromatic N) is 2. The van der Waals surface area contributed by atoms with Gasteiger partial charge in [0, 0.05) is 11.9 Å². The van der Waals surface area contributed by atoms with Gasteiger partial charge >= 0.3 is 0 Å². The summed E-state index contributed by atoms with van der Waals surface area (Å²) >= 11 is 1.67. The van der Waals surface area contributed by atoms with Gasteiger partial charge in [-0.2, -0.15) is 5.26 Å². The molecule has 1 aromatic heterocycles. The summed E-state index contributed by atoms with van der Waals surface area (Å²) in [5.41, 5.74) is 1.81. The Morgan fingerprint density at radius 1 is 1.21 bits per heavy atom. The van der Waals surface area contributed by atoms with Gasteiger partial charge < -0.3 is 4.74 Å². The smallest absolute Gasteiger partial charge is 0.119 e. The average molecular weight is 270 g/mol. The van der Waals surface area contributed by atoms with Crippen LogP contribution in [0.1, 0.15) is 11.1 Å². The Bertz CT molecular complexity index is 558. The fourth-order valence-corrected chi connectivity index (χ4v) is 2.14. The SMILES string of the molecule is Cc1ccc(SCCOc2ccc(C#N)cc2)nc1. The molecular formula is C15H14N2OS. The van der Waals surface area contributed by atoms with E-state index in [1.54, 1.807) is 23.9 Å². The molecule has 96 valence electrons. The third-order valence-corrected chi connectivity index (χ3v) is 3.38. The zero-order chi connectivity index (χ0) is 13.5. The fraction of sp³-hybridized carbons (Fsp3) is 0.200. The van der Waals surface area contributed by atoms with Gasteiger partial charge in [0.05, 0.1) is 23.3 Å². The van der Waals surface area contributed by atoms with Gasteiger partial charge in [-0.05, 0) is 42.8 Å². The molecule has 0 unspecified atom stereocenters. The Hall–Kier alpha value is -1.99. The van der Waals surface area contributed by atoms with Crippen LogP contribution in [0.5, 0.6) is 5.75 Å². The van der Waals surface area contributed by atoms with E-state index in [4.69, 9.17) is 10.00 Å². The van der Waals surface area contributed by atoms with E-state index in [2.05, 4.69) is 17.1 Å². The van der Waals surface area contributed by atoms with Crippen molar-refractivity contribution in [3.63, 3.8) is 0 Å². The second-order valence-corrected chi connectivity index (χ2v) is 5.12. The molecule has 0 fully saturated rings. The minimum atomic E-state index is 0.617. The van der Waals surface area contributed by atoms with Gasteiger partial charge in [0.2, 0.25) is 0 Å². The molecule has 0 aliphatic carbocycles. The van der Waals surface area contributed by atoms with Crippen LogP contribution in [0.3, 0.4) is 0 Å². The molecule has 1 aromatic carbocycles. The summed E-state index contributed by atoms with van der Waals surface area (Å²) in [6.07, 6.45) is 1.86. The third-order valence-electron chi connectivity index (χ3n) is 2.47. The molecule has 0 aliphatic rings. The van der Waals surface area contributed by atoms with Crippen molar-refractivity contribution >= 4 is 11.8 Å². The molecule has 0 N–H and O–H groups in total. The Labute approximate surface area is 117 Å². The summed E-state index contributed by atoms with van der Waals surface area (Å²) in [6, 6.07) is 13.3. The highest BCUT2D eigenvalue weighted by atomic mass is 32.2. The summed E-state index contributed by atoms with van der Waals surface area (Å²) in [6.45, 7) is 2.64. The lowest BCUT2D eigenvalue weighted by Crippen LogP contribution is -2.00. The van der Waals surface area contributed by atoms with Gasteiger partial charge in [-0.25, -0.2) is 4.98 Å². The maximum absolute atomic E-state index is 8.69. The average Bonchev–Trinajstić information content (AvgIpc) is 2.46. The van der Waals surface area contributed by atoms with Gasteiger partial charge in [0.15, 0.2) is 0 Å². The standard InChI is InChI=1S/C15H14N2OS/c1-12-2-7-15(17-11-12)19-9-8-18-14-5-3-13(10-16)4-6-14/h2-7,11H,8-9H2,1H3. The quantitative estimate of drug-likeness (QED) is 0.617. The first kappa shape index (κ1) is 13.4. The minimum Gasteiger partial charge on any atom is -0.493 e. The summed E-state index contributed by atoms with van der Waals surface area (Å²) in [7, 11) is 0. The molecule has 0 aliphatic heterocycles. The summed E-state index contributed by atoms with van der Waals surface area (Å²) in [4.78, 5) is 4.32. The molecule has 4 heteroatoms. The predicted molar refractivity (Wildman–Crippen MR) is 76.4 cm³/mol. The monoisotopic (exact) mass is 270 g/mol. The highest BCUT2D eigenvalue weighted by molar-refractivity contribution is 7.99. The molecule has 2 rings (SSSR count). The molecule has 0 saturated heterocycles. The lowest BCUT2D eigenvalue weighted by molar-refractivity contribution is 0.344. The molecule has 1 heterocycles. The molecule has 0 bridgehead atoms. The maximum atomic E-state index is 8.69. The van der Waals surface area contributed by atoms with Crippen LogP contribution in [0.4, 0.5) is 0 Å². The van der Waals surface area contributed by atoms with Gasteiger partial charge in [0.1, 0.15) is 5.75 Å². The van der Waals surface area contributed by atoms with E-state index >= 15 is 0 Å². The molecule has 0 radical (unpaired) electrons. The molecule has 3 nitrogen and oxygen atoms in total. The van der Waals surface area contributed by atoms with Gasteiger partial charge in [-0.1, -0.05) is 6.07 Å². The van der Waals surface area contributed by atoms with Crippen LogP contribution in [0.25, 0.3) is 0 Å². The first-order valence-electron chi connectivity index (χ1n) is 5.96. The second kappa shape index (κ2) is 6.81. The molecule has 2 aromatic rings. The highest BCUT2D eigenvalue weighted by Gasteiger charge is 1.97. The van der Waals surface area contributed by atoms with Crippen LogP contribution in [0.15, 0.2) is 47.6 Å². The summed E-state index contributed by atoms with van der Waals surface area (Å²) in [5, 5.41) is 9.70. The number of benzene rings is 1. The number of aromatic nitrogens is 1. The van der Waals surface area contributed by atoms with Gasteiger partial charge in [0.25, 0.3) is 0 Å². The number of hydrogen-bond donors (Lipinski definition) is 0. The van der Waals surface area contributed by atoms with Crippen molar-refractivity contribution < 1.29 is 4.74 Å². The molecule has 19 heavy (non-hydrogen) atoms. The third kappa shape index (κ3) is 4.31. The van der Waals surface area contributed by atoms with Crippen LogP contribution in [-0.4, -0.2) is 17.3 Å². The van der Waals surface area contributed by atoms with Gasteiger partial charge in [-0.15, -0.1) is 11.8 Å². The second-order valence-electron chi connectivity index (χ2n) is 4.01. The fourth-order valence-electron chi connectivity index (χ4n) is 1.47. The number of aryl methyl sites for hydroxylation is 1. The first-order valence-corrected chi connectivity index (χ1v) is 6.95. The van der Waals surface area contributed by atoms with Crippen molar-refractivity contribution in [1.29, 1.82) is 5.26 Å². The summed E-state index contributed by atoms with van der Waals surface area (Å²) < 4.78 is 5.59. The molecule has 0 amide bonds. The van der Waals surface area contributed by atoms with Gasteiger partial charge in [-0.3, -0.25) is 0 Å². The highest BCUT2D eigenvalue weighted by Crippen LogP contribution is 2.16. The van der Waals surface area contributed by atoms with E-state index in [1.807, 2.05) is 31.3 Å². The summed E-state index contributed by atoms with van der Waals surface area (Å²) in [5.74, 6) is 1.63. The zero-order valence-electron chi connectivity index (χ0n) is 10.7. The Morgan fingerprint density at radius 3 is 2.63 bits per heavy atom. The van der Waals surface area contributed by atoms with Crippen LogP contribution in [0.2, 0.25) is 0 Å². The maximum Gasteiger partial charge on any atom is 0.119 e. The van der Waals surface area contributed by atoms with Crippen molar-refractivity contribution in [2.45, 2.75) is 11.9 Å². The topological polar surface area (TPSA) is 45.9 Å². The molecule has 0 spiro atoms. The van der Waals surface area contributed by atoms with Crippen molar-refractivity contribution in [1.82, 2.24) is 4.98 Å². The van der Waals surface area contributed by atoms with Crippen molar-refractivity contribution in [3.8, 4) is 11.8 Å². The van der Waals surface area contributed by atoms with Crippen LogP contribution >= 0.6 is 11.8 Å². The van der Waals surface area contributed by atoms with Crippen molar-refractivity contribution in [2.75, 3.05) is 12.4 Å². The zero-order valence-corrected chi connectivity index (χ0v) is 11.5. The van der Waals surface area contributed by atoms with Crippen LogP contribution < -0.4 is 4.74 Å². The molecular weight excluding hydrogens is 256 g/mol. The largest absolute Gasteiger partial charge is 0.493 e. The van der Waals surface area contributed by atoms with Crippen molar-refractivity contribution in [2.24, 2.45) is 0 Å². The van der Waals surface area contributed by atoms with E-state index in [-0.39, 0.29) is 0 Å². The Morgan fingerprint density at radius 2 is 2.00 bits per heavy atom. The van der Waals surface area contributed by atoms with E-state index in [1.165, 1.54) is 0 Å². The lowest BCUT2D eigenvalue weighted by atomic mass is 10.2. The lowest BCUT2D eigenvalue weighted by Gasteiger charge is -2.05. The minimum absolute atomic E-state index is 0.617. The Kier molecular flexibility index (Phi) is 4.82. The number of rotatable bonds is 5. The number of ether oxygens (including phenoxy) is 1. The number of nitriles is 1. The first-order chi connectivity index (χ1) is 9.28. The molecule has 0 atom stereocenters. The van der Waals surface area contributed by atoms with Crippen molar-refractivity contribution in [3.05, 3.63) is 53.7 Å².